The molecule has 1 saturated heterocycles. The molecule has 2 aromatic rings. The van der Waals surface area contributed by atoms with Gasteiger partial charge in [0.2, 0.25) is 0 Å². The molecule has 2 heterocycles. The first-order chi connectivity index (χ1) is 9.84. The minimum atomic E-state index is 0.314. The fourth-order valence-corrected chi connectivity index (χ4v) is 2.53. The van der Waals surface area contributed by atoms with Crippen LogP contribution < -0.4 is 11.1 Å². The number of pyridine rings is 1. The van der Waals surface area contributed by atoms with E-state index in [1.54, 1.807) is 6.20 Å². The van der Waals surface area contributed by atoms with Crippen LogP contribution in [0.5, 0.6) is 0 Å². The predicted molar refractivity (Wildman–Crippen MR) is 80.1 cm³/mol. The fourth-order valence-electron chi connectivity index (χ4n) is 2.53. The van der Waals surface area contributed by atoms with Gasteiger partial charge in [-0.2, -0.15) is 0 Å². The number of benzene rings is 1. The number of aromatic nitrogens is 1. The molecule has 0 radical (unpaired) electrons. The highest BCUT2D eigenvalue weighted by molar-refractivity contribution is 5.75. The van der Waals surface area contributed by atoms with Gasteiger partial charge in [-0.15, -0.1) is 0 Å². The maximum atomic E-state index is 5.98. The van der Waals surface area contributed by atoms with Gasteiger partial charge in [0.05, 0.1) is 12.7 Å². The van der Waals surface area contributed by atoms with Crippen molar-refractivity contribution >= 4 is 5.82 Å². The van der Waals surface area contributed by atoms with Crippen LogP contribution in [0, 0.1) is 0 Å². The average Bonchev–Trinajstić information content (AvgIpc) is 2.99. The lowest BCUT2D eigenvalue weighted by molar-refractivity contribution is 0.0545. The van der Waals surface area contributed by atoms with Crippen molar-refractivity contribution in [2.45, 2.75) is 19.1 Å². The van der Waals surface area contributed by atoms with E-state index >= 15 is 0 Å². The number of nitrogens with zero attached hydrogens (tertiary/aromatic N) is 1. The minimum Gasteiger partial charge on any atom is -0.383 e. The second kappa shape index (κ2) is 6.03. The summed E-state index contributed by atoms with van der Waals surface area (Å²) in [6, 6.07) is 12.1. The number of hydrogen-bond donors (Lipinski definition) is 2. The maximum Gasteiger partial charge on any atom is 0.131 e. The SMILES string of the molecule is Nc1ncccc1-c1ccccc1CO[C@H]1CCNC1. The number of ether oxygens (including phenoxy) is 1. The molecular weight excluding hydrogens is 250 g/mol. The van der Waals surface area contributed by atoms with Crippen LogP contribution in [0.4, 0.5) is 5.82 Å². The Bertz CT molecular complexity index is 579. The molecule has 4 nitrogen and oxygen atoms in total. The quantitative estimate of drug-likeness (QED) is 0.893. The van der Waals surface area contributed by atoms with Crippen molar-refractivity contribution in [3.05, 3.63) is 48.2 Å². The molecule has 0 spiro atoms. The maximum absolute atomic E-state index is 5.98. The van der Waals surface area contributed by atoms with Gasteiger partial charge >= 0.3 is 0 Å². The lowest BCUT2D eigenvalue weighted by atomic mass is 10.0. The van der Waals surface area contributed by atoms with Gasteiger partial charge in [0.25, 0.3) is 0 Å². The van der Waals surface area contributed by atoms with Gasteiger partial charge in [-0.25, -0.2) is 4.98 Å². The van der Waals surface area contributed by atoms with E-state index in [-0.39, 0.29) is 0 Å². The normalized spacial score (nSPS) is 18.3. The number of nitrogens with two attached hydrogens (primary N) is 1. The Balaban J connectivity index is 1.82. The Hall–Kier alpha value is -1.91. The average molecular weight is 269 g/mol. The van der Waals surface area contributed by atoms with E-state index in [1.807, 2.05) is 24.3 Å². The summed E-state index contributed by atoms with van der Waals surface area (Å²) in [5, 5.41) is 3.31. The zero-order valence-electron chi connectivity index (χ0n) is 11.4. The van der Waals surface area contributed by atoms with Crippen LogP contribution in [0.2, 0.25) is 0 Å². The summed E-state index contributed by atoms with van der Waals surface area (Å²) in [4.78, 5) is 4.16. The van der Waals surface area contributed by atoms with Crippen LogP contribution in [0.1, 0.15) is 12.0 Å². The molecule has 0 unspecified atom stereocenters. The zero-order valence-corrected chi connectivity index (χ0v) is 11.4. The molecule has 0 aliphatic carbocycles. The van der Waals surface area contributed by atoms with Crippen LogP contribution in [0.15, 0.2) is 42.6 Å². The van der Waals surface area contributed by atoms with Crippen molar-refractivity contribution in [3.63, 3.8) is 0 Å². The Labute approximate surface area is 119 Å². The lowest BCUT2D eigenvalue weighted by Crippen LogP contribution is -2.16. The summed E-state index contributed by atoms with van der Waals surface area (Å²) in [5.41, 5.74) is 9.20. The molecule has 0 saturated carbocycles. The van der Waals surface area contributed by atoms with E-state index in [0.29, 0.717) is 18.5 Å². The van der Waals surface area contributed by atoms with E-state index in [0.717, 1.165) is 36.2 Å². The monoisotopic (exact) mass is 269 g/mol. The van der Waals surface area contributed by atoms with Crippen molar-refractivity contribution in [1.82, 2.24) is 10.3 Å². The third-order valence-corrected chi connectivity index (χ3v) is 3.64. The molecule has 104 valence electrons. The predicted octanol–water partition coefficient (Wildman–Crippen LogP) is 2.21. The Morgan fingerprint density at radius 3 is 2.85 bits per heavy atom. The van der Waals surface area contributed by atoms with E-state index in [9.17, 15) is 0 Å². The number of hydrogen-bond acceptors (Lipinski definition) is 4. The first kappa shape index (κ1) is 13.1. The highest BCUT2D eigenvalue weighted by atomic mass is 16.5. The van der Waals surface area contributed by atoms with Crippen LogP contribution in [0.25, 0.3) is 11.1 Å². The van der Waals surface area contributed by atoms with E-state index < -0.39 is 0 Å². The third-order valence-electron chi connectivity index (χ3n) is 3.64. The Morgan fingerprint density at radius 2 is 2.05 bits per heavy atom. The molecule has 3 rings (SSSR count). The van der Waals surface area contributed by atoms with Crippen LogP contribution in [-0.4, -0.2) is 24.2 Å². The van der Waals surface area contributed by atoms with Crippen LogP contribution in [0.3, 0.4) is 0 Å². The molecular formula is C16H19N3O. The van der Waals surface area contributed by atoms with E-state index in [4.69, 9.17) is 10.5 Å². The van der Waals surface area contributed by atoms with Crippen LogP contribution >= 0.6 is 0 Å². The number of anilines is 1. The molecule has 0 bridgehead atoms. The number of rotatable bonds is 4. The molecule has 1 aromatic heterocycles. The molecule has 1 aliphatic heterocycles. The van der Waals surface area contributed by atoms with Crippen molar-refractivity contribution in [2.24, 2.45) is 0 Å². The highest BCUT2D eigenvalue weighted by Gasteiger charge is 2.16. The van der Waals surface area contributed by atoms with Gasteiger partial charge in [0, 0.05) is 18.3 Å². The summed E-state index contributed by atoms with van der Waals surface area (Å²) in [7, 11) is 0. The third kappa shape index (κ3) is 2.81. The zero-order chi connectivity index (χ0) is 13.8. The largest absolute Gasteiger partial charge is 0.383 e. The molecule has 1 aliphatic rings. The van der Waals surface area contributed by atoms with Gasteiger partial charge in [-0.1, -0.05) is 24.3 Å². The van der Waals surface area contributed by atoms with E-state index in [2.05, 4.69) is 22.4 Å². The topological polar surface area (TPSA) is 60.2 Å². The summed E-state index contributed by atoms with van der Waals surface area (Å²) in [6.07, 6.45) is 3.11. The Morgan fingerprint density at radius 1 is 1.20 bits per heavy atom. The van der Waals surface area contributed by atoms with Crippen molar-refractivity contribution in [1.29, 1.82) is 0 Å². The standard InChI is InChI=1S/C16H19N3O/c17-16-15(6-3-8-19-16)14-5-2-1-4-12(14)11-20-13-7-9-18-10-13/h1-6,8,13,18H,7,9-11H2,(H2,17,19)/t13-/m0/s1. The van der Waals surface area contributed by atoms with Gasteiger partial charge < -0.3 is 15.8 Å². The molecule has 4 heteroatoms. The molecule has 1 fully saturated rings. The van der Waals surface area contributed by atoms with Gasteiger partial charge in [-0.3, -0.25) is 0 Å². The summed E-state index contributed by atoms with van der Waals surface area (Å²) in [6.45, 7) is 2.59. The second-order valence-corrected chi connectivity index (χ2v) is 5.02. The van der Waals surface area contributed by atoms with Gasteiger partial charge in [0.15, 0.2) is 0 Å². The first-order valence-electron chi connectivity index (χ1n) is 6.95. The molecule has 1 atom stereocenters. The number of nitrogens with one attached hydrogen (secondary N) is 1. The number of nitrogen functional groups attached to an aromatic ring is 1. The van der Waals surface area contributed by atoms with Gasteiger partial charge in [-0.05, 0) is 36.2 Å². The van der Waals surface area contributed by atoms with Gasteiger partial charge in [0.1, 0.15) is 5.82 Å². The summed E-state index contributed by atoms with van der Waals surface area (Å²) < 4.78 is 5.97. The molecule has 20 heavy (non-hydrogen) atoms. The highest BCUT2D eigenvalue weighted by Crippen LogP contribution is 2.28. The molecule has 1 aromatic carbocycles. The minimum absolute atomic E-state index is 0.314. The lowest BCUT2D eigenvalue weighted by Gasteiger charge is -2.14. The van der Waals surface area contributed by atoms with Crippen molar-refractivity contribution < 1.29 is 4.74 Å². The summed E-state index contributed by atoms with van der Waals surface area (Å²) in [5.74, 6) is 0.558. The van der Waals surface area contributed by atoms with E-state index in [1.165, 1.54) is 0 Å². The molecule has 3 N–H and O–H groups in total. The summed E-state index contributed by atoms with van der Waals surface area (Å²) >= 11 is 0. The molecule has 0 amide bonds. The second-order valence-electron chi connectivity index (χ2n) is 5.02. The van der Waals surface area contributed by atoms with Crippen molar-refractivity contribution in [2.75, 3.05) is 18.8 Å². The smallest absolute Gasteiger partial charge is 0.131 e. The first-order valence-corrected chi connectivity index (χ1v) is 6.95. The Kier molecular flexibility index (Phi) is 3.95. The van der Waals surface area contributed by atoms with Crippen molar-refractivity contribution in [3.8, 4) is 11.1 Å². The van der Waals surface area contributed by atoms with Crippen LogP contribution in [-0.2, 0) is 11.3 Å². The fraction of sp³-hybridized carbons (Fsp3) is 0.312.